The first kappa shape index (κ1) is 16.7. The summed E-state index contributed by atoms with van der Waals surface area (Å²) < 4.78 is 0. The van der Waals surface area contributed by atoms with Crippen molar-refractivity contribution >= 4 is 11.7 Å². The standard InChI is InChI=1S/C21H31N3O/c1-20(2)18-14-15-13-16(22)7-8-17(15)21(20,3)9-12-24(18)19(25)23-10-5-4-6-11-23/h7-8,13,18H,4-6,9-12,14,22H2,1-3H3. The van der Waals surface area contributed by atoms with Crippen molar-refractivity contribution in [3.63, 3.8) is 0 Å². The first-order valence-corrected chi connectivity index (χ1v) is 9.79. The Hall–Kier alpha value is -1.71. The molecule has 4 nitrogen and oxygen atoms in total. The third kappa shape index (κ3) is 2.37. The van der Waals surface area contributed by atoms with Gasteiger partial charge in [-0.3, -0.25) is 0 Å². The average Bonchev–Trinajstić information content (AvgIpc) is 2.58. The van der Waals surface area contributed by atoms with Gasteiger partial charge in [0.2, 0.25) is 0 Å². The van der Waals surface area contributed by atoms with Gasteiger partial charge in [-0.1, -0.05) is 26.8 Å². The van der Waals surface area contributed by atoms with Crippen molar-refractivity contribution in [1.82, 2.24) is 9.80 Å². The Labute approximate surface area is 151 Å². The second kappa shape index (κ2) is 5.65. The van der Waals surface area contributed by atoms with E-state index in [0.29, 0.717) is 0 Å². The maximum atomic E-state index is 13.3. The van der Waals surface area contributed by atoms with Crippen LogP contribution >= 0.6 is 0 Å². The van der Waals surface area contributed by atoms with Gasteiger partial charge in [0.1, 0.15) is 0 Å². The molecule has 2 unspecified atom stereocenters. The number of benzene rings is 1. The van der Waals surface area contributed by atoms with Gasteiger partial charge in [0.25, 0.3) is 0 Å². The maximum Gasteiger partial charge on any atom is 0.320 e. The lowest BCUT2D eigenvalue weighted by Crippen LogP contribution is -2.66. The van der Waals surface area contributed by atoms with E-state index < -0.39 is 0 Å². The van der Waals surface area contributed by atoms with Crippen LogP contribution in [-0.2, 0) is 11.8 Å². The minimum Gasteiger partial charge on any atom is -0.399 e. The number of nitrogens with zero attached hydrogens (tertiary/aromatic N) is 2. The third-order valence-electron chi connectivity index (χ3n) is 7.49. The summed E-state index contributed by atoms with van der Waals surface area (Å²) in [4.78, 5) is 17.5. The van der Waals surface area contributed by atoms with Crippen LogP contribution in [0.15, 0.2) is 18.2 Å². The van der Waals surface area contributed by atoms with E-state index in [0.717, 1.165) is 51.0 Å². The van der Waals surface area contributed by atoms with E-state index in [4.69, 9.17) is 5.73 Å². The van der Waals surface area contributed by atoms with Gasteiger partial charge >= 0.3 is 6.03 Å². The Kier molecular flexibility index (Phi) is 3.78. The Morgan fingerprint density at radius 2 is 1.84 bits per heavy atom. The number of rotatable bonds is 0. The van der Waals surface area contributed by atoms with Crippen molar-refractivity contribution in [3.05, 3.63) is 29.3 Å². The second-order valence-electron chi connectivity index (χ2n) is 8.96. The fourth-order valence-electron chi connectivity index (χ4n) is 5.45. The quantitative estimate of drug-likeness (QED) is 0.730. The van der Waals surface area contributed by atoms with E-state index in [9.17, 15) is 4.79 Å². The Bertz CT molecular complexity index is 692. The number of likely N-dealkylation sites (tertiary alicyclic amines) is 2. The molecule has 25 heavy (non-hydrogen) atoms. The molecule has 0 saturated carbocycles. The molecule has 2 heterocycles. The van der Waals surface area contributed by atoms with Crippen LogP contribution in [-0.4, -0.2) is 41.5 Å². The van der Waals surface area contributed by atoms with Gasteiger partial charge in [-0.05, 0) is 60.8 Å². The summed E-state index contributed by atoms with van der Waals surface area (Å²) in [6, 6.07) is 6.89. The van der Waals surface area contributed by atoms with E-state index in [1.165, 1.54) is 17.5 Å². The number of fused-ring (bicyclic) bond motifs is 4. The van der Waals surface area contributed by atoms with Crippen molar-refractivity contribution < 1.29 is 4.79 Å². The highest BCUT2D eigenvalue weighted by molar-refractivity contribution is 5.75. The number of carbonyl (C=O) groups is 1. The highest BCUT2D eigenvalue weighted by Gasteiger charge is 2.57. The molecule has 2 amide bonds. The molecule has 136 valence electrons. The monoisotopic (exact) mass is 341 g/mol. The summed E-state index contributed by atoms with van der Waals surface area (Å²) in [5, 5.41) is 0. The molecule has 0 spiro atoms. The minimum atomic E-state index is 0.0554. The number of hydrogen-bond acceptors (Lipinski definition) is 2. The van der Waals surface area contributed by atoms with Crippen LogP contribution in [0.2, 0.25) is 0 Å². The van der Waals surface area contributed by atoms with E-state index in [1.807, 2.05) is 6.07 Å². The molecule has 2 bridgehead atoms. The number of hydrogen-bond donors (Lipinski definition) is 1. The molecule has 0 aromatic heterocycles. The van der Waals surface area contributed by atoms with Crippen LogP contribution < -0.4 is 5.73 Å². The normalized spacial score (nSPS) is 30.8. The molecule has 2 aliphatic heterocycles. The zero-order valence-corrected chi connectivity index (χ0v) is 15.8. The summed E-state index contributed by atoms with van der Waals surface area (Å²) >= 11 is 0. The van der Waals surface area contributed by atoms with Gasteiger partial charge in [0, 0.05) is 36.8 Å². The summed E-state index contributed by atoms with van der Waals surface area (Å²) in [6.45, 7) is 9.80. The molecule has 1 aliphatic carbocycles. The Balaban J connectivity index is 1.71. The molecule has 2 fully saturated rings. The van der Waals surface area contributed by atoms with Crippen molar-refractivity contribution in [2.24, 2.45) is 5.41 Å². The molecule has 2 saturated heterocycles. The lowest BCUT2D eigenvalue weighted by Gasteiger charge is -2.61. The van der Waals surface area contributed by atoms with Gasteiger partial charge in [-0.25, -0.2) is 4.79 Å². The smallest absolute Gasteiger partial charge is 0.320 e. The summed E-state index contributed by atoms with van der Waals surface area (Å²) in [5.74, 6) is 0. The van der Waals surface area contributed by atoms with Crippen LogP contribution in [0.1, 0.15) is 57.6 Å². The molecule has 0 radical (unpaired) electrons. The summed E-state index contributed by atoms with van der Waals surface area (Å²) in [7, 11) is 0. The number of piperidine rings is 2. The Morgan fingerprint density at radius 1 is 1.12 bits per heavy atom. The highest BCUT2D eigenvalue weighted by atomic mass is 16.2. The molecule has 2 N–H and O–H groups in total. The number of anilines is 1. The largest absolute Gasteiger partial charge is 0.399 e. The average molecular weight is 341 g/mol. The van der Waals surface area contributed by atoms with Gasteiger partial charge < -0.3 is 15.5 Å². The van der Waals surface area contributed by atoms with Gasteiger partial charge in [0.15, 0.2) is 0 Å². The first-order valence-electron chi connectivity index (χ1n) is 9.79. The predicted molar refractivity (Wildman–Crippen MR) is 102 cm³/mol. The van der Waals surface area contributed by atoms with E-state index in [-0.39, 0.29) is 22.9 Å². The number of amides is 2. The van der Waals surface area contributed by atoms with Crippen LogP contribution in [0.3, 0.4) is 0 Å². The van der Waals surface area contributed by atoms with E-state index >= 15 is 0 Å². The number of carbonyl (C=O) groups excluding carboxylic acids is 1. The molecule has 1 aromatic rings. The van der Waals surface area contributed by atoms with Crippen molar-refractivity contribution in [1.29, 1.82) is 0 Å². The molecule has 4 rings (SSSR count). The predicted octanol–water partition coefficient (Wildman–Crippen LogP) is 3.79. The molecular formula is C21H31N3O. The van der Waals surface area contributed by atoms with Crippen LogP contribution in [0.4, 0.5) is 10.5 Å². The molecule has 3 aliphatic rings. The van der Waals surface area contributed by atoms with Crippen molar-refractivity contribution in [2.75, 3.05) is 25.4 Å². The number of nitrogens with two attached hydrogens (primary N) is 1. The summed E-state index contributed by atoms with van der Waals surface area (Å²) in [6.07, 6.45) is 5.48. The van der Waals surface area contributed by atoms with E-state index in [2.05, 4.69) is 42.7 Å². The fourth-order valence-corrected chi connectivity index (χ4v) is 5.45. The lowest BCUT2D eigenvalue weighted by molar-refractivity contribution is -0.0242. The number of nitrogen functional groups attached to an aromatic ring is 1. The van der Waals surface area contributed by atoms with E-state index in [1.54, 1.807) is 0 Å². The Morgan fingerprint density at radius 3 is 2.56 bits per heavy atom. The zero-order chi connectivity index (χ0) is 17.8. The third-order valence-corrected chi connectivity index (χ3v) is 7.49. The highest BCUT2D eigenvalue weighted by Crippen LogP contribution is 2.56. The molecular weight excluding hydrogens is 310 g/mol. The van der Waals surface area contributed by atoms with Crippen LogP contribution in [0.5, 0.6) is 0 Å². The van der Waals surface area contributed by atoms with Crippen molar-refractivity contribution in [2.45, 2.75) is 64.3 Å². The van der Waals surface area contributed by atoms with Crippen molar-refractivity contribution in [3.8, 4) is 0 Å². The SMILES string of the molecule is CC12CCN(C(=O)N3CCCCC3)C(Cc3cc(N)ccc31)C2(C)C. The first-order chi connectivity index (χ1) is 11.8. The van der Waals surface area contributed by atoms with Gasteiger partial charge in [0.05, 0.1) is 0 Å². The number of urea groups is 1. The second-order valence-corrected chi connectivity index (χ2v) is 8.96. The lowest BCUT2D eigenvalue weighted by atomic mass is 9.51. The molecule has 1 aromatic carbocycles. The minimum absolute atomic E-state index is 0.0554. The van der Waals surface area contributed by atoms with Crippen LogP contribution in [0, 0.1) is 5.41 Å². The van der Waals surface area contributed by atoms with Gasteiger partial charge in [-0.15, -0.1) is 0 Å². The summed E-state index contributed by atoms with van der Waals surface area (Å²) in [5.41, 5.74) is 9.82. The maximum absolute atomic E-state index is 13.3. The fraction of sp³-hybridized carbons (Fsp3) is 0.667. The topological polar surface area (TPSA) is 49.6 Å². The molecule has 2 atom stereocenters. The van der Waals surface area contributed by atoms with Crippen LogP contribution in [0.25, 0.3) is 0 Å². The zero-order valence-electron chi connectivity index (χ0n) is 15.8. The molecule has 4 heteroatoms. The van der Waals surface area contributed by atoms with Gasteiger partial charge in [-0.2, -0.15) is 0 Å².